The smallest absolute Gasteiger partial charge is 0.374 e. The van der Waals surface area contributed by atoms with Gasteiger partial charge in [-0.15, -0.1) is 0 Å². The fourth-order valence-corrected chi connectivity index (χ4v) is 22.2. The SMILES string of the molecule is O=C(c1ccc(C2CCCCC2)cc1-c1cc2c(C3CCCCC3)c3c1-c1ccc(C4CCCCC4)cc1OC(=O)C(N3)OC(=O)C1(N2)C(=O)c2ccccc2C1=O)c1ccc(C2CCCCC2)cc1-c1cc2c(C3CCCCC3)c3c1-c1ccc(C4CCCCC4)cc1OC(=O)C(N3)OC(=O)C1(N2)C(=O)c2ccccc2C1=O. The van der Waals surface area contributed by atoms with Crippen LogP contribution in [-0.4, -0.2) is 76.3 Å². The van der Waals surface area contributed by atoms with Crippen molar-refractivity contribution < 1.29 is 62.1 Å². The highest BCUT2D eigenvalue weighted by Crippen LogP contribution is 2.59. The highest BCUT2D eigenvalue weighted by Gasteiger charge is 2.64. The molecule has 0 saturated heterocycles. The lowest BCUT2D eigenvalue weighted by Gasteiger charge is -2.34. The highest BCUT2D eigenvalue weighted by atomic mass is 16.6. The zero-order valence-corrected chi connectivity index (χ0v) is 64.3. The third-order valence-electron chi connectivity index (χ3n) is 28.1. The van der Waals surface area contributed by atoms with Crippen molar-refractivity contribution in [2.45, 2.75) is 252 Å². The molecule has 0 radical (unpaired) electrons. The molecule has 4 aliphatic heterocycles. The molecule has 6 fully saturated rings. The first-order valence-corrected chi connectivity index (χ1v) is 42.6. The maximum absolute atomic E-state index is 18.0. The minimum atomic E-state index is -2.71. The van der Waals surface area contributed by atoms with Crippen LogP contribution < -0.4 is 30.7 Å². The van der Waals surface area contributed by atoms with Crippen LogP contribution in [0.4, 0.5) is 22.7 Å². The van der Waals surface area contributed by atoms with Crippen LogP contribution in [0.3, 0.4) is 0 Å². The number of anilines is 4. The maximum atomic E-state index is 18.0. The Kier molecular flexibility index (Phi) is 18.3. The summed E-state index contributed by atoms with van der Waals surface area (Å²) in [5.41, 5.74) is 6.40. The van der Waals surface area contributed by atoms with E-state index in [-0.39, 0.29) is 86.2 Å². The molecule has 17 nitrogen and oxygen atoms in total. The quantitative estimate of drug-likeness (QED) is 0.0431. The Balaban J connectivity index is 0.876. The van der Waals surface area contributed by atoms with Crippen molar-refractivity contribution in [3.8, 4) is 56.0 Å². The van der Waals surface area contributed by atoms with Gasteiger partial charge in [0.05, 0.1) is 11.4 Å². The lowest BCUT2D eigenvalue weighted by molar-refractivity contribution is -0.161. The summed E-state index contributed by atoms with van der Waals surface area (Å²) in [5.74, 6) is -7.56. The van der Waals surface area contributed by atoms with Crippen LogP contribution in [0, 0.1) is 0 Å². The van der Waals surface area contributed by atoms with Crippen LogP contribution in [0.25, 0.3) is 44.5 Å². The van der Waals surface area contributed by atoms with Crippen LogP contribution in [0.5, 0.6) is 11.5 Å². The van der Waals surface area contributed by atoms with Gasteiger partial charge in [-0.05, 0) is 181 Å². The molecule has 6 bridgehead atoms. The van der Waals surface area contributed by atoms with Crippen molar-refractivity contribution in [1.29, 1.82) is 0 Å². The Hall–Kier alpha value is -10.8. The topological polar surface area (TPSA) is 239 Å². The lowest BCUT2D eigenvalue weighted by atomic mass is 9.75. The molecule has 17 heteroatoms. The number of ketones is 5. The second kappa shape index (κ2) is 28.9. The number of hydrogen-bond acceptors (Lipinski definition) is 17. The monoisotopic (exact) mass is 1520 g/mol. The number of carbonyl (C=O) groups excluding carboxylic acids is 9. The van der Waals surface area contributed by atoms with Gasteiger partial charge in [0.1, 0.15) is 11.5 Å². The van der Waals surface area contributed by atoms with Crippen molar-refractivity contribution in [2.75, 3.05) is 21.3 Å². The third-order valence-corrected chi connectivity index (χ3v) is 28.1. The molecule has 114 heavy (non-hydrogen) atoms. The number of rotatable bonds is 10. The van der Waals surface area contributed by atoms with E-state index in [9.17, 15) is 0 Å². The number of esters is 4. The van der Waals surface area contributed by atoms with E-state index in [0.717, 1.165) is 189 Å². The van der Waals surface area contributed by atoms with Gasteiger partial charge in [-0.25, -0.2) is 19.2 Å². The standard InChI is InChI=1S/C97H94N4O13/c102-85(63-43-39-59(53-23-7-1-8-24-53)47-71(63)73-51-75-79(57-31-15-5-16-32-57)83-81(73)69-45-41-61(55-27-11-3-12-28-55)49-77(69)111-92(107)90(98-83)113-94(109)96(100-75)86(103)65-35-19-20-36-66(65)87(96)104)64-44-40-60(54-25-9-2-10-26-54)48-72(64)74-52-76-80(58-33-17-6-18-34-58)84-82(74)70-46-42-62(56-29-13-4-14-30-56)50-78(70)112-93(108)91(99-84)114-95(110)97(101-76)88(105)67-37-21-22-38-68(67)89(97)106/h19-22,35-58,90-91,98-101H,1-18,23-34H2. The van der Waals surface area contributed by atoms with E-state index in [1.807, 2.05) is 48.5 Å². The number of nitrogens with one attached hydrogen (secondary N) is 4. The molecular formula is C97H94N4O13. The summed E-state index contributed by atoms with van der Waals surface area (Å²) in [4.78, 5) is 143. The Morgan fingerprint density at radius 2 is 0.605 bits per heavy atom. The van der Waals surface area contributed by atoms with Crippen molar-refractivity contribution in [1.82, 2.24) is 0 Å². The van der Waals surface area contributed by atoms with Crippen LogP contribution >= 0.6 is 0 Å². The molecule has 20 rings (SSSR count). The molecule has 12 aliphatic rings. The fourth-order valence-electron chi connectivity index (χ4n) is 22.2. The Morgan fingerprint density at radius 1 is 0.307 bits per heavy atom. The summed E-state index contributed by atoms with van der Waals surface area (Å²) in [7, 11) is 0. The molecular weight excluding hydrogens is 1430 g/mol. The van der Waals surface area contributed by atoms with E-state index >= 15 is 43.2 Å². The van der Waals surface area contributed by atoms with E-state index in [1.165, 1.54) is 24.3 Å². The van der Waals surface area contributed by atoms with Crippen molar-refractivity contribution in [3.05, 3.63) is 200 Å². The minimum Gasteiger partial charge on any atom is -0.428 e. The first-order chi connectivity index (χ1) is 55.7. The molecule has 580 valence electrons. The lowest BCUT2D eigenvalue weighted by Crippen LogP contribution is -2.58. The van der Waals surface area contributed by atoms with Gasteiger partial charge < -0.3 is 40.2 Å². The van der Waals surface area contributed by atoms with Gasteiger partial charge in [0.15, 0.2) is 5.78 Å². The Labute approximate surface area is 663 Å². The van der Waals surface area contributed by atoms with Gasteiger partial charge in [0, 0.05) is 78.1 Å². The Morgan fingerprint density at radius 3 is 0.930 bits per heavy atom. The summed E-state index contributed by atoms with van der Waals surface area (Å²) in [6, 6.07) is 41.2. The molecule has 2 spiro atoms. The predicted octanol–water partition coefficient (Wildman–Crippen LogP) is 20.8. The first-order valence-electron chi connectivity index (χ1n) is 42.6. The molecule has 2 unspecified atom stereocenters. The summed E-state index contributed by atoms with van der Waals surface area (Å²) in [5, 5.41) is 13.9. The number of hydrogen-bond donors (Lipinski definition) is 4. The average Bonchev–Trinajstić information content (AvgIpc) is 1.48. The molecule has 4 N–H and O–H groups in total. The van der Waals surface area contributed by atoms with Crippen molar-refractivity contribution >= 4 is 75.5 Å². The summed E-state index contributed by atoms with van der Waals surface area (Å²) in [6.45, 7) is 0. The zero-order chi connectivity index (χ0) is 77.3. The largest absolute Gasteiger partial charge is 0.428 e. The molecule has 0 amide bonds. The molecule has 6 saturated carbocycles. The number of ether oxygens (including phenoxy) is 4. The van der Waals surface area contributed by atoms with Crippen LogP contribution in [-0.2, 0) is 28.7 Å². The van der Waals surface area contributed by atoms with Crippen molar-refractivity contribution in [3.63, 3.8) is 0 Å². The van der Waals surface area contributed by atoms with Gasteiger partial charge in [-0.3, -0.25) is 24.0 Å². The van der Waals surface area contributed by atoms with Gasteiger partial charge >= 0.3 is 23.9 Å². The molecule has 4 heterocycles. The molecule has 8 aromatic carbocycles. The van der Waals surface area contributed by atoms with Gasteiger partial charge in [-0.1, -0.05) is 225 Å². The van der Waals surface area contributed by atoms with Gasteiger partial charge in [0.25, 0.3) is 23.5 Å². The van der Waals surface area contributed by atoms with E-state index in [0.29, 0.717) is 104 Å². The minimum absolute atomic E-state index is 0.0308. The van der Waals surface area contributed by atoms with E-state index in [2.05, 4.69) is 57.7 Å². The zero-order valence-electron chi connectivity index (χ0n) is 64.3. The fraction of sp³-hybridized carbons (Fsp3) is 0.412. The average molecular weight is 1520 g/mol. The van der Waals surface area contributed by atoms with E-state index in [4.69, 9.17) is 18.9 Å². The molecule has 2 atom stereocenters. The highest BCUT2D eigenvalue weighted by molar-refractivity contribution is 6.45. The number of Topliss-reactive ketones (excluding diaryl/α,β-unsaturated/α-hetero) is 4. The Bertz CT molecular complexity index is 5020. The van der Waals surface area contributed by atoms with Crippen LogP contribution in [0.1, 0.15) is 319 Å². The predicted molar refractivity (Wildman–Crippen MR) is 434 cm³/mol. The summed E-state index contributed by atoms with van der Waals surface area (Å²) in [6.07, 6.45) is 24.4. The van der Waals surface area contributed by atoms with E-state index in [1.54, 1.807) is 24.3 Å². The first kappa shape index (κ1) is 72.2. The second-order valence-electron chi connectivity index (χ2n) is 34.6. The summed E-state index contributed by atoms with van der Waals surface area (Å²) >= 11 is 0. The molecule has 0 aromatic heterocycles. The number of fused-ring (bicyclic) bond motifs is 10. The van der Waals surface area contributed by atoms with Gasteiger partial charge in [-0.2, -0.15) is 0 Å². The van der Waals surface area contributed by atoms with E-state index < -0.39 is 70.5 Å². The van der Waals surface area contributed by atoms with Crippen molar-refractivity contribution in [2.24, 2.45) is 0 Å². The third kappa shape index (κ3) is 11.8. The normalized spacial score (nSPS) is 22.4. The maximum Gasteiger partial charge on any atom is 0.374 e. The number of benzene rings is 8. The molecule has 8 aliphatic carbocycles. The van der Waals surface area contributed by atoms with Crippen LogP contribution in [0.2, 0.25) is 0 Å². The summed E-state index contributed by atoms with van der Waals surface area (Å²) < 4.78 is 26.1. The number of carbonyl (C=O) groups is 9. The van der Waals surface area contributed by atoms with Gasteiger partial charge in [0.2, 0.25) is 23.1 Å². The van der Waals surface area contributed by atoms with Crippen LogP contribution in [0.15, 0.2) is 133 Å². The molecule has 8 aromatic rings. The second-order valence-corrected chi connectivity index (χ2v) is 34.6.